The third kappa shape index (κ3) is 6.48. The van der Waals surface area contributed by atoms with E-state index in [1.54, 1.807) is 0 Å². The zero-order valence-electron chi connectivity index (χ0n) is 10.3. The molecule has 0 bridgehead atoms. The van der Waals surface area contributed by atoms with E-state index in [1.165, 1.54) is 0 Å². The summed E-state index contributed by atoms with van der Waals surface area (Å²) in [5.41, 5.74) is 0. The van der Waals surface area contributed by atoms with Crippen molar-refractivity contribution in [2.45, 2.75) is 45.3 Å². The molecule has 2 N–H and O–H groups in total. The maximum Gasteiger partial charge on any atom is 0.325 e. The third-order valence-corrected chi connectivity index (χ3v) is 8.30. The van der Waals surface area contributed by atoms with Crippen LogP contribution in [0.15, 0.2) is 0 Å². The second-order valence-corrected chi connectivity index (χ2v) is 11.9. The number of hydrogen-bond donors (Lipinski definition) is 2. The minimum Gasteiger partial charge on any atom is -0.417 e. The molecule has 92 valence electrons. The van der Waals surface area contributed by atoms with Crippen LogP contribution in [0.4, 0.5) is 0 Å². The van der Waals surface area contributed by atoms with Crippen LogP contribution in [-0.4, -0.2) is 30.9 Å². The van der Waals surface area contributed by atoms with Crippen LogP contribution in [0.5, 0.6) is 0 Å². The first-order valence-corrected chi connectivity index (χ1v) is 9.85. The molecule has 0 aromatic rings. The second-order valence-electron chi connectivity index (χ2n) is 5.35. The van der Waals surface area contributed by atoms with Gasteiger partial charge in [-0.05, 0) is 24.6 Å². The lowest BCUT2D eigenvalue weighted by Crippen LogP contribution is -2.41. The maximum atomic E-state index is 10.6. The Morgan fingerprint density at radius 1 is 1.27 bits per heavy atom. The zero-order valence-corrected chi connectivity index (χ0v) is 12.2. The van der Waals surface area contributed by atoms with Crippen molar-refractivity contribution in [3.05, 3.63) is 0 Å². The van der Waals surface area contributed by atoms with Crippen LogP contribution in [0.3, 0.4) is 0 Å². The first-order chi connectivity index (χ1) is 6.46. The maximum absolute atomic E-state index is 10.6. The predicted octanol–water partition coefficient (Wildman–Crippen LogP) is 2.58. The van der Waals surface area contributed by atoms with Crippen molar-refractivity contribution < 1.29 is 18.8 Å². The molecule has 0 aliphatic heterocycles. The van der Waals surface area contributed by atoms with E-state index < -0.39 is 15.9 Å². The lowest BCUT2D eigenvalue weighted by atomic mass is 10.2. The van der Waals surface area contributed by atoms with Gasteiger partial charge < -0.3 is 14.2 Å². The summed E-state index contributed by atoms with van der Waals surface area (Å²) in [6.45, 7) is 11.1. The summed E-state index contributed by atoms with van der Waals surface area (Å²) in [4.78, 5) is 17.3. The molecule has 0 atom stereocenters. The smallest absolute Gasteiger partial charge is 0.325 e. The minimum atomic E-state index is -3.85. The van der Waals surface area contributed by atoms with E-state index in [4.69, 9.17) is 14.2 Å². The Morgan fingerprint density at radius 3 is 2.07 bits per heavy atom. The largest absolute Gasteiger partial charge is 0.417 e. The van der Waals surface area contributed by atoms with Gasteiger partial charge in [0.1, 0.15) is 0 Å². The van der Waals surface area contributed by atoms with Crippen LogP contribution < -0.4 is 0 Å². The third-order valence-electron chi connectivity index (χ3n) is 2.86. The van der Waals surface area contributed by atoms with Crippen LogP contribution in [0.1, 0.15) is 27.2 Å². The Labute approximate surface area is 93.3 Å². The summed E-state index contributed by atoms with van der Waals surface area (Å²) in [6, 6.07) is 0. The molecule has 0 amide bonds. The fraction of sp³-hybridized carbons (Fsp3) is 1.00. The van der Waals surface area contributed by atoms with Gasteiger partial charge >= 0.3 is 7.60 Å². The Hall–Kier alpha value is 0.327. The summed E-state index contributed by atoms with van der Waals surface area (Å²) in [6.07, 6.45) is 0.346. The van der Waals surface area contributed by atoms with Crippen LogP contribution in [-0.2, 0) is 8.99 Å². The average molecular weight is 254 g/mol. The van der Waals surface area contributed by atoms with E-state index in [-0.39, 0.29) is 11.2 Å². The molecule has 6 heteroatoms. The summed E-state index contributed by atoms with van der Waals surface area (Å²) >= 11 is 0. The minimum absolute atomic E-state index is 0.0817. The molecule has 0 rings (SSSR count). The van der Waals surface area contributed by atoms with Gasteiger partial charge in [0.25, 0.3) is 0 Å². The van der Waals surface area contributed by atoms with E-state index >= 15 is 0 Å². The van der Waals surface area contributed by atoms with E-state index in [1.807, 2.05) is 0 Å². The van der Waals surface area contributed by atoms with Crippen LogP contribution in [0.25, 0.3) is 0 Å². The number of hydrogen-bond acceptors (Lipinski definition) is 2. The molecular formula is C9H23O4PSi. The molecule has 0 heterocycles. The number of rotatable bonds is 5. The highest BCUT2D eigenvalue weighted by Crippen LogP contribution is 2.38. The van der Waals surface area contributed by atoms with E-state index in [0.29, 0.717) is 13.0 Å². The topological polar surface area (TPSA) is 66.8 Å². The van der Waals surface area contributed by atoms with Crippen molar-refractivity contribution in [2.75, 3.05) is 12.8 Å². The molecule has 0 spiro atoms. The Balaban J connectivity index is 3.92. The SMILES string of the molecule is CC(C)(C)[Si](C)(C)OCCCP(=O)(O)O. The molecular weight excluding hydrogens is 231 g/mol. The fourth-order valence-electron chi connectivity index (χ4n) is 0.814. The summed E-state index contributed by atoms with van der Waals surface area (Å²) in [5.74, 6) is 0. The zero-order chi connectivity index (χ0) is 12.3. The van der Waals surface area contributed by atoms with Gasteiger partial charge in [0.2, 0.25) is 0 Å². The second kappa shape index (κ2) is 5.10. The van der Waals surface area contributed by atoms with Gasteiger partial charge in [-0.25, -0.2) is 0 Å². The van der Waals surface area contributed by atoms with Crippen molar-refractivity contribution in [3.8, 4) is 0 Å². The molecule has 15 heavy (non-hydrogen) atoms. The van der Waals surface area contributed by atoms with E-state index in [2.05, 4.69) is 33.9 Å². The van der Waals surface area contributed by atoms with Crippen molar-refractivity contribution in [1.29, 1.82) is 0 Å². The van der Waals surface area contributed by atoms with E-state index in [9.17, 15) is 4.57 Å². The van der Waals surface area contributed by atoms with Gasteiger partial charge in [-0.1, -0.05) is 20.8 Å². The van der Waals surface area contributed by atoms with Crippen molar-refractivity contribution in [2.24, 2.45) is 0 Å². The highest BCUT2D eigenvalue weighted by Gasteiger charge is 2.36. The van der Waals surface area contributed by atoms with Crippen molar-refractivity contribution in [1.82, 2.24) is 0 Å². The molecule has 0 unspecified atom stereocenters. The highest BCUT2D eigenvalue weighted by molar-refractivity contribution is 7.51. The Morgan fingerprint density at radius 2 is 1.73 bits per heavy atom. The molecule has 0 aliphatic carbocycles. The van der Waals surface area contributed by atoms with Crippen LogP contribution in [0.2, 0.25) is 18.1 Å². The molecule has 0 saturated heterocycles. The summed E-state index contributed by atoms with van der Waals surface area (Å²) in [5, 5.41) is 0.148. The van der Waals surface area contributed by atoms with Gasteiger partial charge in [0, 0.05) is 6.61 Å². The van der Waals surface area contributed by atoms with Gasteiger partial charge in [0.05, 0.1) is 6.16 Å². The Bertz CT molecular complexity index is 241. The lowest BCUT2D eigenvalue weighted by molar-refractivity contribution is 0.283. The van der Waals surface area contributed by atoms with Crippen LogP contribution >= 0.6 is 7.60 Å². The first kappa shape index (κ1) is 15.3. The predicted molar refractivity (Wildman–Crippen MR) is 64.7 cm³/mol. The van der Waals surface area contributed by atoms with E-state index in [0.717, 1.165) is 0 Å². The fourth-order valence-corrected chi connectivity index (χ4v) is 2.44. The van der Waals surface area contributed by atoms with Gasteiger partial charge in [-0.15, -0.1) is 0 Å². The average Bonchev–Trinajstić information content (AvgIpc) is 1.94. The van der Waals surface area contributed by atoms with Gasteiger partial charge in [-0.2, -0.15) is 0 Å². The summed E-state index contributed by atoms with van der Waals surface area (Å²) < 4.78 is 16.4. The Kier molecular flexibility index (Phi) is 5.22. The van der Waals surface area contributed by atoms with Gasteiger partial charge in [0.15, 0.2) is 8.32 Å². The molecule has 0 radical (unpaired) electrons. The molecule has 0 aromatic carbocycles. The molecule has 4 nitrogen and oxygen atoms in total. The molecule has 0 aliphatic rings. The molecule has 0 fully saturated rings. The quantitative estimate of drug-likeness (QED) is 0.449. The van der Waals surface area contributed by atoms with Crippen molar-refractivity contribution in [3.63, 3.8) is 0 Å². The first-order valence-electron chi connectivity index (χ1n) is 5.14. The standard InChI is InChI=1S/C9H23O4PSi/c1-9(2,3)15(4,5)13-7-6-8-14(10,11)12/h6-8H2,1-5H3,(H2,10,11,12). The highest BCUT2D eigenvalue weighted by atomic mass is 31.2. The molecule has 0 saturated carbocycles. The molecule has 0 aromatic heterocycles. The van der Waals surface area contributed by atoms with Gasteiger partial charge in [-0.3, -0.25) is 4.57 Å². The lowest BCUT2D eigenvalue weighted by Gasteiger charge is -2.36. The monoisotopic (exact) mass is 254 g/mol. The van der Waals surface area contributed by atoms with Crippen molar-refractivity contribution >= 4 is 15.9 Å². The summed E-state index contributed by atoms with van der Waals surface area (Å²) in [7, 11) is -5.61. The van der Waals surface area contributed by atoms with Crippen LogP contribution in [0, 0.1) is 0 Å². The normalized spacial score (nSPS) is 14.3.